The van der Waals surface area contributed by atoms with E-state index in [1.165, 1.54) is 32.1 Å². The van der Waals surface area contributed by atoms with Crippen LogP contribution in [0.4, 0.5) is 37.7 Å². The van der Waals surface area contributed by atoms with Crippen LogP contribution >= 0.6 is 0 Å². The van der Waals surface area contributed by atoms with Crippen molar-refractivity contribution in [2.75, 3.05) is 10.0 Å². The molecule has 0 bridgehead atoms. The number of rotatable bonds is 3. The fourth-order valence-corrected chi connectivity index (χ4v) is 3.64. The van der Waals surface area contributed by atoms with Gasteiger partial charge in [0.15, 0.2) is 0 Å². The Morgan fingerprint density at radius 3 is 1.83 bits per heavy atom. The summed E-state index contributed by atoms with van der Waals surface area (Å²) in [5, 5.41) is 9.70. The Hall–Kier alpha value is -3.96. The number of benzene rings is 2. The van der Waals surface area contributed by atoms with E-state index in [-0.39, 0.29) is 28.4 Å². The molecule has 2 aromatic carbocycles. The van der Waals surface area contributed by atoms with E-state index in [2.05, 4.69) is 10.2 Å². The Morgan fingerprint density at radius 2 is 1.31 bits per heavy atom. The second kappa shape index (κ2) is 8.36. The van der Waals surface area contributed by atoms with Gasteiger partial charge in [-0.3, -0.25) is 9.59 Å². The van der Waals surface area contributed by atoms with Gasteiger partial charge in [0, 0.05) is 0 Å². The Labute approximate surface area is 194 Å². The van der Waals surface area contributed by atoms with E-state index in [9.17, 15) is 35.9 Å². The van der Waals surface area contributed by atoms with Gasteiger partial charge < -0.3 is 0 Å². The van der Waals surface area contributed by atoms with Crippen molar-refractivity contribution < 1.29 is 35.9 Å². The summed E-state index contributed by atoms with van der Waals surface area (Å²) in [5.74, 6) is -2.51. The maximum atomic E-state index is 13.1. The van der Waals surface area contributed by atoms with Gasteiger partial charge in [-0.15, -0.1) is 0 Å². The van der Waals surface area contributed by atoms with Crippen LogP contribution < -0.4 is 10.0 Å². The molecule has 12 heteroatoms. The topological polar surface area (TPSA) is 65.3 Å². The van der Waals surface area contributed by atoms with Crippen molar-refractivity contribution >= 4 is 34.6 Å². The van der Waals surface area contributed by atoms with E-state index in [1.807, 2.05) is 0 Å². The fourth-order valence-electron chi connectivity index (χ4n) is 3.64. The largest absolute Gasteiger partial charge is 0.416 e. The molecule has 0 fully saturated rings. The van der Waals surface area contributed by atoms with E-state index in [4.69, 9.17) is 0 Å². The molecule has 2 aliphatic heterocycles. The molecule has 0 spiro atoms. The molecule has 4 rings (SSSR count). The summed E-state index contributed by atoms with van der Waals surface area (Å²) < 4.78 is 78.4. The molecule has 0 aliphatic carbocycles. The van der Waals surface area contributed by atoms with Gasteiger partial charge in [0.05, 0.1) is 45.4 Å². The Kier molecular flexibility index (Phi) is 5.78. The Balaban J connectivity index is 1.61. The fraction of sp³-hybridized carbons (Fsp3) is 0.217. The Bertz CT molecular complexity index is 1310. The van der Waals surface area contributed by atoms with E-state index in [0.29, 0.717) is 0 Å². The molecule has 2 aromatic rings. The van der Waals surface area contributed by atoms with Gasteiger partial charge in [0.25, 0.3) is 11.8 Å². The van der Waals surface area contributed by atoms with Gasteiger partial charge >= 0.3 is 12.4 Å². The summed E-state index contributed by atoms with van der Waals surface area (Å²) >= 11 is 0. The first-order chi connectivity index (χ1) is 16.3. The zero-order chi connectivity index (χ0) is 25.7. The van der Waals surface area contributed by atoms with Crippen LogP contribution in [0, 0.1) is 5.92 Å². The SMILES string of the molecule is CC1=NN(c2cccc(C(F)(F)F)c2)C(=O)C1=CC1C(=O)N(c2cccc(C(F)(F)F)c2)N=C1C. The van der Waals surface area contributed by atoms with E-state index >= 15 is 0 Å². The van der Waals surface area contributed by atoms with E-state index in [0.717, 1.165) is 46.4 Å². The second-order valence-electron chi connectivity index (χ2n) is 7.85. The van der Waals surface area contributed by atoms with Gasteiger partial charge in [-0.05, 0) is 50.2 Å². The third-order valence-corrected chi connectivity index (χ3v) is 5.41. The highest BCUT2D eigenvalue weighted by Gasteiger charge is 2.38. The van der Waals surface area contributed by atoms with Crippen LogP contribution in [0.2, 0.25) is 0 Å². The quantitative estimate of drug-likeness (QED) is 0.423. The molecule has 0 aromatic heterocycles. The number of hydrogen-bond acceptors (Lipinski definition) is 4. The first kappa shape index (κ1) is 24.2. The molecular weight excluding hydrogens is 478 g/mol. The summed E-state index contributed by atoms with van der Waals surface area (Å²) in [5.41, 5.74) is -1.77. The monoisotopic (exact) mass is 494 g/mol. The maximum absolute atomic E-state index is 13.1. The molecule has 182 valence electrons. The van der Waals surface area contributed by atoms with Crippen molar-refractivity contribution in [1.29, 1.82) is 0 Å². The van der Waals surface area contributed by atoms with Gasteiger partial charge in [0.2, 0.25) is 0 Å². The molecule has 1 unspecified atom stereocenters. The van der Waals surface area contributed by atoms with Gasteiger partial charge in [-0.2, -0.15) is 46.6 Å². The summed E-state index contributed by atoms with van der Waals surface area (Å²) in [4.78, 5) is 25.9. The lowest BCUT2D eigenvalue weighted by atomic mass is 9.98. The lowest BCUT2D eigenvalue weighted by molar-refractivity contribution is -0.138. The van der Waals surface area contributed by atoms with E-state index in [1.54, 1.807) is 0 Å². The standard InChI is InChI=1S/C23H16F6N4O2/c1-12-18(20(34)32(30-12)16-7-3-5-14(9-16)22(24,25)26)11-19-13(2)31-33(21(19)35)17-8-4-6-15(10-17)23(27,28)29/h3-11,18H,1-2H3. The van der Waals surface area contributed by atoms with Crippen LogP contribution in [-0.4, -0.2) is 23.2 Å². The molecule has 0 saturated carbocycles. The van der Waals surface area contributed by atoms with Crippen molar-refractivity contribution in [1.82, 2.24) is 0 Å². The molecule has 1 atom stereocenters. The number of hydrogen-bond donors (Lipinski definition) is 0. The van der Waals surface area contributed by atoms with Crippen LogP contribution in [0.25, 0.3) is 0 Å². The zero-order valence-electron chi connectivity index (χ0n) is 18.1. The minimum atomic E-state index is -4.62. The van der Waals surface area contributed by atoms with E-state index < -0.39 is 41.2 Å². The minimum Gasteiger partial charge on any atom is -0.271 e. The number of nitrogens with zero attached hydrogens (tertiary/aromatic N) is 4. The van der Waals surface area contributed by atoms with Crippen molar-refractivity contribution in [3.05, 3.63) is 71.3 Å². The van der Waals surface area contributed by atoms with Crippen molar-refractivity contribution in [3.8, 4) is 0 Å². The third-order valence-electron chi connectivity index (χ3n) is 5.41. The number of amides is 2. The average molecular weight is 494 g/mol. The van der Waals surface area contributed by atoms with Crippen molar-refractivity contribution in [2.45, 2.75) is 26.2 Å². The molecule has 2 heterocycles. The van der Waals surface area contributed by atoms with Gasteiger partial charge in [-0.1, -0.05) is 18.2 Å². The summed E-state index contributed by atoms with van der Waals surface area (Å²) in [6.07, 6.45) is -7.97. The van der Waals surface area contributed by atoms with Gasteiger partial charge in [-0.25, -0.2) is 0 Å². The molecule has 0 radical (unpaired) electrons. The van der Waals surface area contributed by atoms with Crippen LogP contribution in [0.5, 0.6) is 0 Å². The average Bonchev–Trinajstić information content (AvgIpc) is 3.23. The van der Waals surface area contributed by atoms with Crippen molar-refractivity contribution in [3.63, 3.8) is 0 Å². The molecule has 0 saturated heterocycles. The van der Waals surface area contributed by atoms with Gasteiger partial charge in [0.1, 0.15) is 0 Å². The van der Waals surface area contributed by atoms with Crippen LogP contribution in [0.1, 0.15) is 25.0 Å². The lowest BCUT2D eigenvalue weighted by Gasteiger charge is -2.16. The molecule has 2 aliphatic rings. The predicted octanol–water partition coefficient (Wildman–Crippen LogP) is 5.41. The summed E-state index contributed by atoms with van der Waals surface area (Å²) in [7, 11) is 0. The highest BCUT2D eigenvalue weighted by Crippen LogP contribution is 2.35. The van der Waals surface area contributed by atoms with Crippen LogP contribution in [-0.2, 0) is 21.9 Å². The number of halogens is 6. The van der Waals surface area contributed by atoms with Crippen LogP contribution in [0.3, 0.4) is 0 Å². The first-order valence-corrected chi connectivity index (χ1v) is 10.1. The molecule has 0 N–H and O–H groups in total. The number of carbonyl (C=O) groups is 2. The highest BCUT2D eigenvalue weighted by molar-refractivity contribution is 6.30. The third kappa shape index (κ3) is 4.55. The predicted molar refractivity (Wildman–Crippen MR) is 116 cm³/mol. The number of hydrazone groups is 2. The molecular formula is C23H16F6N4O2. The highest BCUT2D eigenvalue weighted by atomic mass is 19.4. The lowest BCUT2D eigenvalue weighted by Crippen LogP contribution is -2.28. The molecule has 2 amide bonds. The smallest absolute Gasteiger partial charge is 0.271 e. The zero-order valence-corrected chi connectivity index (χ0v) is 18.1. The first-order valence-electron chi connectivity index (χ1n) is 10.1. The van der Waals surface area contributed by atoms with Crippen LogP contribution in [0.15, 0.2) is 70.4 Å². The maximum Gasteiger partial charge on any atom is 0.416 e. The number of alkyl halides is 6. The second-order valence-corrected chi connectivity index (χ2v) is 7.85. The summed E-state index contributed by atoms with van der Waals surface area (Å²) in [6.45, 7) is 2.93. The normalized spacial score (nSPS) is 20.1. The number of anilines is 2. The van der Waals surface area contributed by atoms with Crippen molar-refractivity contribution in [2.24, 2.45) is 16.1 Å². The number of carbonyl (C=O) groups excluding carboxylic acids is 2. The minimum absolute atomic E-state index is 0.0267. The Morgan fingerprint density at radius 1 is 0.800 bits per heavy atom. The molecule has 35 heavy (non-hydrogen) atoms. The summed E-state index contributed by atoms with van der Waals surface area (Å²) in [6, 6.07) is 8.15. The molecule has 6 nitrogen and oxygen atoms in total.